The summed E-state index contributed by atoms with van der Waals surface area (Å²) in [7, 11) is 0. The summed E-state index contributed by atoms with van der Waals surface area (Å²) in [5.41, 5.74) is 0.285. The smallest absolute Gasteiger partial charge is 0.251 e. The highest BCUT2D eigenvalue weighted by Crippen LogP contribution is 2.15. The molecule has 2 atom stereocenters. The van der Waals surface area contributed by atoms with Crippen LogP contribution in [-0.2, 0) is 4.79 Å². The molecule has 2 unspecified atom stereocenters. The average Bonchev–Trinajstić information content (AvgIpc) is 2.63. The molecular weight excluding hydrogens is 334 g/mol. The van der Waals surface area contributed by atoms with Crippen molar-refractivity contribution in [3.05, 3.63) is 29.3 Å². The van der Waals surface area contributed by atoms with Gasteiger partial charge in [-0.25, -0.2) is 0 Å². The molecule has 1 aromatic carbocycles. The molecule has 0 aliphatic heterocycles. The van der Waals surface area contributed by atoms with E-state index in [1.165, 1.54) is 18.2 Å². The molecule has 0 saturated carbocycles. The quantitative estimate of drug-likeness (QED) is 0.226. The Morgan fingerprint density at radius 3 is 1.72 bits per heavy atom. The predicted octanol–water partition coefficient (Wildman–Crippen LogP) is -2.58. The Morgan fingerprint density at radius 2 is 1.36 bits per heavy atom. The lowest BCUT2D eigenvalue weighted by Gasteiger charge is -2.13. The summed E-state index contributed by atoms with van der Waals surface area (Å²) in [5.74, 6) is -1.24. The molecule has 7 N–H and O–H groups in total. The summed E-state index contributed by atoms with van der Waals surface area (Å²) in [6, 6.07) is 3.92. The van der Waals surface area contributed by atoms with Crippen molar-refractivity contribution < 1.29 is 34.8 Å². The molecule has 0 aliphatic rings. The first-order valence-electron chi connectivity index (χ1n) is 7.40. The lowest BCUT2D eigenvalue weighted by molar-refractivity contribution is -0.105. The van der Waals surface area contributed by atoms with Crippen molar-refractivity contribution in [2.45, 2.75) is 12.2 Å². The maximum Gasteiger partial charge on any atom is 0.251 e. The number of rotatable bonds is 10. The minimum absolute atomic E-state index is 0.0462. The second-order valence-corrected chi connectivity index (χ2v) is 5.15. The molecule has 0 heterocycles. The molecule has 0 radical (unpaired) electrons. The van der Waals surface area contributed by atoms with Crippen molar-refractivity contribution in [3.63, 3.8) is 0 Å². The summed E-state index contributed by atoms with van der Waals surface area (Å²) in [6.45, 7) is -1.42. The van der Waals surface area contributed by atoms with Gasteiger partial charge in [-0.1, -0.05) is 0 Å². The third kappa shape index (κ3) is 6.85. The minimum Gasteiger partial charge on any atom is -0.394 e. The molecule has 0 saturated heterocycles. The van der Waals surface area contributed by atoms with Crippen LogP contribution in [0.25, 0.3) is 0 Å². The highest BCUT2D eigenvalue weighted by molar-refractivity contribution is 6.01. The Morgan fingerprint density at radius 1 is 0.920 bits per heavy atom. The topological polar surface area (TPSA) is 168 Å². The lowest BCUT2D eigenvalue weighted by Crippen LogP contribution is -2.35. The first-order valence-corrected chi connectivity index (χ1v) is 7.40. The summed E-state index contributed by atoms with van der Waals surface area (Å²) in [4.78, 5) is 34.8. The lowest BCUT2D eigenvalue weighted by atomic mass is 10.1. The van der Waals surface area contributed by atoms with Crippen molar-refractivity contribution >= 4 is 23.9 Å². The zero-order valence-corrected chi connectivity index (χ0v) is 13.3. The van der Waals surface area contributed by atoms with Gasteiger partial charge in [-0.15, -0.1) is 0 Å². The number of benzene rings is 1. The van der Waals surface area contributed by atoms with Crippen LogP contribution in [0.3, 0.4) is 0 Å². The molecule has 0 aliphatic carbocycles. The number of anilines is 1. The first kappa shape index (κ1) is 20.5. The van der Waals surface area contributed by atoms with Crippen LogP contribution in [0.15, 0.2) is 18.2 Å². The van der Waals surface area contributed by atoms with E-state index in [2.05, 4.69) is 16.0 Å². The van der Waals surface area contributed by atoms with Crippen molar-refractivity contribution in [3.8, 4) is 0 Å². The van der Waals surface area contributed by atoms with E-state index in [0.717, 1.165) is 0 Å². The van der Waals surface area contributed by atoms with Crippen molar-refractivity contribution in [1.29, 1.82) is 0 Å². The summed E-state index contributed by atoms with van der Waals surface area (Å²) >= 11 is 0. The third-order valence-electron chi connectivity index (χ3n) is 3.10. The van der Waals surface area contributed by atoms with Gasteiger partial charge in [0.05, 0.1) is 25.4 Å². The van der Waals surface area contributed by atoms with Crippen LogP contribution < -0.4 is 16.0 Å². The maximum atomic E-state index is 12.1. The van der Waals surface area contributed by atoms with Gasteiger partial charge in [0.2, 0.25) is 6.41 Å². The number of hydrogen-bond donors (Lipinski definition) is 7. The Labute approximate surface area is 143 Å². The molecule has 10 nitrogen and oxygen atoms in total. The molecule has 10 heteroatoms. The number of carbonyl (C=O) groups is 3. The van der Waals surface area contributed by atoms with E-state index in [1.807, 2.05) is 0 Å². The van der Waals surface area contributed by atoms with E-state index < -0.39 is 37.2 Å². The predicted molar refractivity (Wildman–Crippen MR) is 87.0 cm³/mol. The number of amides is 3. The summed E-state index contributed by atoms with van der Waals surface area (Å²) in [6.07, 6.45) is -1.87. The maximum absolute atomic E-state index is 12.1. The van der Waals surface area contributed by atoms with Crippen LogP contribution >= 0.6 is 0 Å². The van der Waals surface area contributed by atoms with E-state index in [-0.39, 0.29) is 29.9 Å². The van der Waals surface area contributed by atoms with Crippen molar-refractivity contribution in [2.75, 3.05) is 31.6 Å². The SMILES string of the molecule is O=CNc1cc(C(=O)NCC(O)CO)cc(C(=O)NCC(O)CO)c1. The number of aliphatic hydroxyl groups is 4. The van der Waals surface area contributed by atoms with Crippen LogP contribution in [0.1, 0.15) is 20.7 Å². The summed E-state index contributed by atoms with van der Waals surface area (Å²) < 4.78 is 0. The van der Waals surface area contributed by atoms with E-state index in [0.29, 0.717) is 6.41 Å². The average molecular weight is 355 g/mol. The molecule has 0 spiro atoms. The van der Waals surface area contributed by atoms with E-state index >= 15 is 0 Å². The Bertz CT molecular complexity index is 565. The van der Waals surface area contributed by atoms with Gasteiger partial charge in [0.1, 0.15) is 0 Å². The molecular formula is C15H21N3O7. The third-order valence-corrected chi connectivity index (χ3v) is 3.10. The van der Waals surface area contributed by atoms with Crippen molar-refractivity contribution in [2.24, 2.45) is 0 Å². The fourth-order valence-corrected chi connectivity index (χ4v) is 1.80. The molecule has 0 fully saturated rings. The molecule has 0 aromatic heterocycles. The molecule has 25 heavy (non-hydrogen) atoms. The number of aliphatic hydroxyl groups excluding tert-OH is 4. The van der Waals surface area contributed by atoms with Gasteiger partial charge in [-0.2, -0.15) is 0 Å². The Balaban J connectivity index is 2.94. The normalized spacial score (nSPS) is 12.8. The number of nitrogens with one attached hydrogen (secondary N) is 3. The standard InChI is InChI=1S/C15H21N3O7/c19-6-12(22)4-16-14(24)9-1-10(3-11(2-9)18-8-21)15(25)17-5-13(23)7-20/h1-3,8,12-13,19-20,22-23H,4-7H2,(H,16,24)(H,17,25)(H,18,21). The zero-order valence-electron chi connectivity index (χ0n) is 13.3. The van der Waals surface area contributed by atoms with Gasteiger partial charge in [-0.05, 0) is 18.2 Å². The van der Waals surface area contributed by atoms with Gasteiger partial charge in [0.25, 0.3) is 11.8 Å². The second-order valence-electron chi connectivity index (χ2n) is 5.15. The van der Waals surface area contributed by atoms with Crippen LogP contribution in [-0.4, -0.2) is 77.2 Å². The largest absolute Gasteiger partial charge is 0.394 e. The second kappa shape index (κ2) is 10.4. The van der Waals surface area contributed by atoms with Crippen LogP contribution in [0.4, 0.5) is 5.69 Å². The number of hydrogen-bond acceptors (Lipinski definition) is 7. The van der Waals surface area contributed by atoms with Crippen LogP contribution in [0, 0.1) is 0 Å². The molecule has 3 amide bonds. The fraction of sp³-hybridized carbons (Fsp3) is 0.400. The van der Waals surface area contributed by atoms with Crippen LogP contribution in [0.5, 0.6) is 0 Å². The van der Waals surface area contributed by atoms with Crippen LogP contribution in [0.2, 0.25) is 0 Å². The highest BCUT2D eigenvalue weighted by Gasteiger charge is 2.15. The van der Waals surface area contributed by atoms with Gasteiger partial charge in [-0.3, -0.25) is 14.4 Å². The molecule has 1 aromatic rings. The zero-order chi connectivity index (χ0) is 18.8. The Hall–Kier alpha value is -2.53. The van der Waals surface area contributed by atoms with E-state index in [1.54, 1.807) is 0 Å². The number of carbonyl (C=O) groups excluding carboxylic acids is 3. The molecule has 0 bridgehead atoms. The highest BCUT2D eigenvalue weighted by atomic mass is 16.3. The molecule has 138 valence electrons. The van der Waals surface area contributed by atoms with E-state index in [9.17, 15) is 24.6 Å². The fourth-order valence-electron chi connectivity index (χ4n) is 1.80. The monoisotopic (exact) mass is 355 g/mol. The first-order chi connectivity index (χ1) is 11.9. The van der Waals surface area contributed by atoms with Crippen molar-refractivity contribution in [1.82, 2.24) is 10.6 Å². The Kier molecular flexibility index (Phi) is 8.50. The van der Waals surface area contributed by atoms with E-state index in [4.69, 9.17) is 10.2 Å². The van der Waals surface area contributed by atoms with Gasteiger partial charge >= 0.3 is 0 Å². The van der Waals surface area contributed by atoms with Gasteiger partial charge in [0.15, 0.2) is 0 Å². The van der Waals surface area contributed by atoms with Gasteiger partial charge < -0.3 is 36.4 Å². The van der Waals surface area contributed by atoms with Gasteiger partial charge in [0, 0.05) is 29.9 Å². The molecule has 1 rings (SSSR count). The summed E-state index contributed by atoms with van der Waals surface area (Å²) in [5, 5.41) is 43.0. The minimum atomic E-state index is -1.12.